The maximum absolute atomic E-state index is 5.87. The van der Waals surface area contributed by atoms with E-state index in [1.165, 1.54) is 6.42 Å². The lowest BCUT2D eigenvalue weighted by molar-refractivity contribution is -0.224. The molecule has 0 aromatic carbocycles. The van der Waals surface area contributed by atoms with E-state index in [1.54, 1.807) is 0 Å². The topological polar surface area (TPSA) is 18.5 Å². The van der Waals surface area contributed by atoms with E-state index in [2.05, 4.69) is 27.7 Å². The Bertz CT molecular complexity index is 215. The molecule has 0 aliphatic heterocycles. The van der Waals surface area contributed by atoms with E-state index in [9.17, 15) is 0 Å². The first-order valence-electron chi connectivity index (χ1n) is 6.02. The van der Waals surface area contributed by atoms with Crippen molar-refractivity contribution < 1.29 is 9.47 Å². The number of ether oxygens (including phenoxy) is 2. The van der Waals surface area contributed by atoms with Gasteiger partial charge in [0, 0.05) is 14.2 Å². The van der Waals surface area contributed by atoms with Crippen LogP contribution >= 0.6 is 0 Å². The largest absolute Gasteiger partial charge is 0.375 e. The normalized spacial score (nSPS) is 42.2. The molecule has 0 saturated heterocycles. The van der Waals surface area contributed by atoms with Gasteiger partial charge in [-0.3, -0.25) is 0 Å². The third-order valence-corrected chi connectivity index (χ3v) is 4.39. The second-order valence-electron chi connectivity index (χ2n) is 5.53. The first-order valence-corrected chi connectivity index (χ1v) is 6.02. The molecule has 2 nitrogen and oxygen atoms in total. The zero-order valence-electron chi connectivity index (χ0n) is 11.1. The fraction of sp³-hybridized carbons (Fsp3) is 1.00. The Hall–Kier alpha value is -0.0800. The molecule has 0 radical (unpaired) electrons. The highest BCUT2D eigenvalue weighted by Crippen LogP contribution is 2.48. The van der Waals surface area contributed by atoms with Crippen molar-refractivity contribution in [1.82, 2.24) is 0 Å². The fourth-order valence-corrected chi connectivity index (χ4v) is 3.37. The number of rotatable bonds is 3. The maximum Gasteiger partial charge on any atom is 0.0986 e. The molecule has 1 aliphatic rings. The standard InChI is InChI=1S/C13H26O2/c1-10(2)13(15-6)8-7-11(3)9-12(13,4)14-5/h10-11H,7-9H2,1-6H3. The van der Waals surface area contributed by atoms with Gasteiger partial charge in [-0.05, 0) is 38.0 Å². The van der Waals surface area contributed by atoms with Crippen LogP contribution < -0.4 is 0 Å². The molecule has 90 valence electrons. The summed E-state index contributed by atoms with van der Waals surface area (Å²) in [5.41, 5.74) is -0.262. The minimum atomic E-state index is -0.145. The Labute approximate surface area is 94.3 Å². The molecular formula is C13H26O2. The van der Waals surface area contributed by atoms with Crippen molar-refractivity contribution in [2.45, 2.75) is 58.2 Å². The lowest BCUT2D eigenvalue weighted by atomic mass is 9.64. The van der Waals surface area contributed by atoms with Crippen LogP contribution in [0, 0.1) is 11.8 Å². The molecular weight excluding hydrogens is 188 g/mol. The van der Waals surface area contributed by atoms with Gasteiger partial charge in [0.25, 0.3) is 0 Å². The Morgan fingerprint density at radius 1 is 1.20 bits per heavy atom. The van der Waals surface area contributed by atoms with Crippen LogP contribution in [-0.4, -0.2) is 25.4 Å². The molecule has 1 rings (SSSR count). The first kappa shape index (κ1) is 13.0. The summed E-state index contributed by atoms with van der Waals surface area (Å²) in [6.45, 7) is 8.97. The Kier molecular flexibility index (Phi) is 3.83. The van der Waals surface area contributed by atoms with Gasteiger partial charge in [0.05, 0.1) is 11.2 Å². The number of hydrogen-bond acceptors (Lipinski definition) is 2. The zero-order valence-corrected chi connectivity index (χ0v) is 11.1. The van der Waals surface area contributed by atoms with Gasteiger partial charge < -0.3 is 9.47 Å². The highest BCUT2D eigenvalue weighted by Gasteiger charge is 2.54. The Morgan fingerprint density at radius 3 is 2.20 bits per heavy atom. The summed E-state index contributed by atoms with van der Waals surface area (Å²) in [4.78, 5) is 0. The molecule has 0 amide bonds. The van der Waals surface area contributed by atoms with E-state index in [0.717, 1.165) is 18.8 Å². The molecule has 0 heterocycles. The second kappa shape index (κ2) is 4.42. The average molecular weight is 214 g/mol. The van der Waals surface area contributed by atoms with Crippen LogP contribution in [0.4, 0.5) is 0 Å². The van der Waals surface area contributed by atoms with Gasteiger partial charge >= 0.3 is 0 Å². The molecule has 1 fully saturated rings. The molecule has 3 unspecified atom stereocenters. The lowest BCUT2D eigenvalue weighted by Gasteiger charge is -2.54. The smallest absolute Gasteiger partial charge is 0.0986 e. The summed E-state index contributed by atoms with van der Waals surface area (Å²) >= 11 is 0. The van der Waals surface area contributed by atoms with E-state index in [4.69, 9.17) is 9.47 Å². The van der Waals surface area contributed by atoms with E-state index >= 15 is 0 Å². The van der Waals surface area contributed by atoms with Crippen LogP contribution in [-0.2, 0) is 9.47 Å². The minimum Gasteiger partial charge on any atom is -0.375 e. The molecule has 2 heteroatoms. The molecule has 0 bridgehead atoms. The van der Waals surface area contributed by atoms with Gasteiger partial charge in [-0.25, -0.2) is 0 Å². The zero-order chi connectivity index (χ0) is 11.7. The summed E-state index contributed by atoms with van der Waals surface area (Å²) < 4.78 is 11.7. The quantitative estimate of drug-likeness (QED) is 0.718. The minimum absolute atomic E-state index is 0.117. The molecule has 3 atom stereocenters. The highest BCUT2D eigenvalue weighted by atomic mass is 16.5. The van der Waals surface area contributed by atoms with E-state index in [1.807, 2.05) is 14.2 Å². The fourth-order valence-electron chi connectivity index (χ4n) is 3.37. The van der Waals surface area contributed by atoms with Gasteiger partial charge in [0.2, 0.25) is 0 Å². The van der Waals surface area contributed by atoms with Crippen LogP contribution in [0.1, 0.15) is 47.0 Å². The van der Waals surface area contributed by atoms with E-state index in [0.29, 0.717) is 5.92 Å². The van der Waals surface area contributed by atoms with Crippen molar-refractivity contribution in [3.05, 3.63) is 0 Å². The van der Waals surface area contributed by atoms with E-state index < -0.39 is 0 Å². The molecule has 15 heavy (non-hydrogen) atoms. The maximum atomic E-state index is 5.87. The van der Waals surface area contributed by atoms with Gasteiger partial charge in [0.1, 0.15) is 0 Å². The van der Waals surface area contributed by atoms with Gasteiger partial charge in [-0.2, -0.15) is 0 Å². The third-order valence-electron chi connectivity index (χ3n) is 4.39. The summed E-state index contributed by atoms with van der Waals surface area (Å²) in [6.07, 6.45) is 3.44. The summed E-state index contributed by atoms with van der Waals surface area (Å²) in [5, 5.41) is 0. The SMILES string of the molecule is COC1(C)CC(C)CCC1(OC)C(C)C. The third kappa shape index (κ3) is 1.94. The van der Waals surface area contributed by atoms with Crippen LogP contribution in [0.2, 0.25) is 0 Å². The van der Waals surface area contributed by atoms with Crippen molar-refractivity contribution >= 4 is 0 Å². The first-order chi connectivity index (χ1) is 6.92. The monoisotopic (exact) mass is 214 g/mol. The molecule has 0 aromatic rings. The van der Waals surface area contributed by atoms with Crippen LogP contribution in [0.15, 0.2) is 0 Å². The molecule has 0 N–H and O–H groups in total. The summed E-state index contributed by atoms with van der Waals surface area (Å²) in [6, 6.07) is 0. The van der Waals surface area contributed by atoms with Gasteiger partial charge in [-0.1, -0.05) is 20.8 Å². The average Bonchev–Trinajstić information content (AvgIpc) is 2.18. The van der Waals surface area contributed by atoms with Crippen molar-refractivity contribution in [2.75, 3.05) is 14.2 Å². The summed E-state index contributed by atoms with van der Waals surface area (Å²) in [7, 11) is 3.64. The molecule has 0 spiro atoms. The molecule has 1 saturated carbocycles. The van der Waals surface area contributed by atoms with Crippen molar-refractivity contribution in [2.24, 2.45) is 11.8 Å². The number of hydrogen-bond donors (Lipinski definition) is 0. The lowest BCUT2D eigenvalue weighted by Crippen LogP contribution is -2.61. The van der Waals surface area contributed by atoms with Crippen LogP contribution in [0.3, 0.4) is 0 Å². The second-order valence-corrected chi connectivity index (χ2v) is 5.53. The van der Waals surface area contributed by atoms with Crippen molar-refractivity contribution in [1.29, 1.82) is 0 Å². The van der Waals surface area contributed by atoms with Crippen molar-refractivity contribution in [3.8, 4) is 0 Å². The van der Waals surface area contributed by atoms with E-state index in [-0.39, 0.29) is 11.2 Å². The molecule has 1 aliphatic carbocycles. The highest BCUT2D eigenvalue weighted by molar-refractivity contribution is 5.05. The van der Waals surface area contributed by atoms with Crippen LogP contribution in [0.25, 0.3) is 0 Å². The Morgan fingerprint density at radius 2 is 1.80 bits per heavy atom. The predicted molar refractivity (Wildman–Crippen MR) is 63.0 cm³/mol. The van der Waals surface area contributed by atoms with Gasteiger partial charge in [0.15, 0.2) is 0 Å². The Balaban J connectivity index is 3.02. The molecule has 0 aromatic heterocycles. The summed E-state index contributed by atoms with van der Waals surface area (Å²) in [5.74, 6) is 1.22. The number of methoxy groups -OCH3 is 2. The van der Waals surface area contributed by atoms with Crippen LogP contribution in [0.5, 0.6) is 0 Å². The van der Waals surface area contributed by atoms with Gasteiger partial charge in [-0.15, -0.1) is 0 Å². The predicted octanol–water partition coefficient (Wildman–Crippen LogP) is 3.25. The van der Waals surface area contributed by atoms with Crippen molar-refractivity contribution in [3.63, 3.8) is 0 Å².